The SMILES string of the molecule is CC(C)COC(=O)C1(c2nc(O)c(N)o2)CC1. The van der Waals surface area contributed by atoms with Gasteiger partial charge in [-0.15, -0.1) is 0 Å². The van der Waals surface area contributed by atoms with E-state index in [1.165, 1.54) is 0 Å². The number of carbonyl (C=O) groups is 1. The number of carbonyl (C=O) groups excluding carboxylic acids is 1. The van der Waals surface area contributed by atoms with E-state index in [4.69, 9.17) is 14.9 Å². The van der Waals surface area contributed by atoms with E-state index in [0.717, 1.165) is 0 Å². The van der Waals surface area contributed by atoms with Crippen molar-refractivity contribution in [3.63, 3.8) is 0 Å². The van der Waals surface area contributed by atoms with Gasteiger partial charge in [-0.3, -0.25) is 4.79 Å². The summed E-state index contributed by atoms with van der Waals surface area (Å²) < 4.78 is 10.3. The molecule has 1 heterocycles. The Balaban J connectivity index is 2.11. The zero-order chi connectivity index (χ0) is 12.6. The largest absolute Gasteiger partial charge is 0.489 e. The minimum absolute atomic E-state index is 0.154. The van der Waals surface area contributed by atoms with Gasteiger partial charge < -0.3 is 20.0 Å². The van der Waals surface area contributed by atoms with Crippen molar-refractivity contribution in [3.8, 4) is 5.88 Å². The first-order chi connectivity index (χ1) is 7.95. The second kappa shape index (κ2) is 3.94. The van der Waals surface area contributed by atoms with Crippen molar-refractivity contribution in [2.24, 2.45) is 5.92 Å². The highest BCUT2D eigenvalue weighted by Crippen LogP contribution is 2.50. The van der Waals surface area contributed by atoms with Crippen molar-refractivity contribution in [1.29, 1.82) is 0 Å². The van der Waals surface area contributed by atoms with Gasteiger partial charge in [-0.2, -0.15) is 4.98 Å². The van der Waals surface area contributed by atoms with Crippen LogP contribution in [0, 0.1) is 5.92 Å². The zero-order valence-electron chi connectivity index (χ0n) is 9.90. The average molecular weight is 240 g/mol. The van der Waals surface area contributed by atoms with Crippen molar-refractivity contribution >= 4 is 11.9 Å². The van der Waals surface area contributed by atoms with Gasteiger partial charge in [-0.1, -0.05) is 13.8 Å². The third-order valence-electron chi connectivity index (χ3n) is 2.73. The Kier molecular flexibility index (Phi) is 2.73. The van der Waals surface area contributed by atoms with Gasteiger partial charge in [0.15, 0.2) is 0 Å². The van der Waals surface area contributed by atoms with Crippen LogP contribution in [0.3, 0.4) is 0 Å². The van der Waals surface area contributed by atoms with E-state index in [2.05, 4.69) is 4.98 Å². The minimum Gasteiger partial charge on any atom is -0.489 e. The molecule has 0 atom stereocenters. The number of esters is 1. The topological polar surface area (TPSA) is 98.6 Å². The molecule has 0 aliphatic heterocycles. The summed E-state index contributed by atoms with van der Waals surface area (Å²) in [7, 11) is 0. The van der Waals surface area contributed by atoms with Gasteiger partial charge in [0.1, 0.15) is 5.41 Å². The third kappa shape index (κ3) is 2.07. The minimum atomic E-state index is -0.829. The molecule has 1 aromatic heterocycles. The standard InChI is InChI=1S/C11H16N2O4/c1-6(2)5-16-10(15)11(3-4-11)9-13-8(14)7(12)17-9/h6,14H,3-5,12H2,1-2H3. The van der Waals surface area contributed by atoms with Gasteiger partial charge in [0.05, 0.1) is 6.61 Å². The maximum absolute atomic E-state index is 11.9. The Hall–Kier alpha value is -1.72. The summed E-state index contributed by atoms with van der Waals surface area (Å²) >= 11 is 0. The van der Waals surface area contributed by atoms with Crippen LogP contribution in [0.5, 0.6) is 5.88 Å². The Morgan fingerprint density at radius 3 is 2.71 bits per heavy atom. The lowest BCUT2D eigenvalue weighted by atomic mass is 10.1. The van der Waals surface area contributed by atoms with Gasteiger partial charge in [0.2, 0.25) is 5.89 Å². The van der Waals surface area contributed by atoms with Gasteiger partial charge >= 0.3 is 5.97 Å². The third-order valence-corrected chi connectivity index (χ3v) is 2.73. The molecule has 2 rings (SSSR count). The van der Waals surface area contributed by atoms with Crippen molar-refractivity contribution < 1.29 is 19.1 Å². The first-order valence-electron chi connectivity index (χ1n) is 5.58. The highest BCUT2D eigenvalue weighted by molar-refractivity contribution is 5.85. The van der Waals surface area contributed by atoms with Gasteiger partial charge in [0, 0.05) is 0 Å². The lowest BCUT2D eigenvalue weighted by molar-refractivity contribution is -0.148. The highest BCUT2D eigenvalue weighted by Gasteiger charge is 2.57. The van der Waals surface area contributed by atoms with Gasteiger partial charge in [-0.05, 0) is 18.8 Å². The number of hydrogen-bond acceptors (Lipinski definition) is 6. The van der Waals surface area contributed by atoms with Crippen LogP contribution >= 0.6 is 0 Å². The van der Waals surface area contributed by atoms with Crippen molar-refractivity contribution in [3.05, 3.63) is 5.89 Å². The molecule has 1 aliphatic carbocycles. The predicted molar refractivity (Wildman–Crippen MR) is 59.3 cm³/mol. The number of nitrogen functional groups attached to an aromatic ring is 1. The zero-order valence-corrected chi connectivity index (χ0v) is 9.90. The van der Waals surface area contributed by atoms with Crippen LogP contribution in [0.15, 0.2) is 4.42 Å². The number of rotatable bonds is 4. The molecule has 3 N–H and O–H groups in total. The van der Waals surface area contributed by atoms with Crippen molar-refractivity contribution in [2.75, 3.05) is 12.3 Å². The number of oxazole rings is 1. The smallest absolute Gasteiger partial charge is 0.321 e. The number of nitrogens with zero attached hydrogens (tertiary/aromatic N) is 1. The molecule has 0 saturated heterocycles. The molecule has 1 fully saturated rings. The molecule has 6 heteroatoms. The monoisotopic (exact) mass is 240 g/mol. The number of anilines is 1. The van der Waals surface area contributed by atoms with Crippen LogP contribution < -0.4 is 5.73 Å². The molecular formula is C11H16N2O4. The van der Waals surface area contributed by atoms with Crippen LogP contribution in [0.2, 0.25) is 0 Å². The molecule has 1 aliphatic rings. The molecule has 6 nitrogen and oxygen atoms in total. The fourth-order valence-electron chi connectivity index (χ4n) is 1.54. The second-order valence-corrected chi connectivity index (χ2v) is 4.78. The molecule has 0 unspecified atom stereocenters. The summed E-state index contributed by atoms with van der Waals surface area (Å²) in [5.41, 5.74) is 4.53. The quantitative estimate of drug-likeness (QED) is 0.767. The van der Waals surface area contributed by atoms with Crippen molar-refractivity contribution in [1.82, 2.24) is 4.98 Å². The molecular weight excluding hydrogens is 224 g/mol. The molecule has 0 radical (unpaired) electrons. The van der Waals surface area contributed by atoms with Crippen LogP contribution in [-0.4, -0.2) is 22.7 Å². The van der Waals surface area contributed by atoms with Crippen LogP contribution in [-0.2, 0) is 14.9 Å². The Morgan fingerprint density at radius 1 is 1.65 bits per heavy atom. The molecule has 0 amide bonds. The maximum atomic E-state index is 11.9. The predicted octanol–water partition coefficient (Wildman–Crippen LogP) is 1.19. The summed E-state index contributed by atoms with van der Waals surface area (Å²) in [4.78, 5) is 15.7. The van der Waals surface area contributed by atoms with Crippen LogP contribution in [0.25, 0.3) is 0 Å². The normalized spacial score (nSPS) is 17.1. The molecule has 17 heavy (non-hydrogen) atoms. The van der Waals surface area contributed by atoms with E-state index in [-0.39, 0.29) is 29.5 Å². The average Bonchev–Trinajstić information content (AvgIpc) is 3.00. The number of nitrogens with two attached hydrogens (primary N) is 1. The fourth-order valence-corrected chi connectivity index (χ4v) is 1.54. The van der Waals surface area contributed by atoms with Crippen molar-refractivity contribution in [2.45, 2.75) is 32.1 Å². The molecule has 0 bridgehead atoms. The molecule has 94 valence electrons. The lowest BCUT2D eigenvalue weighted by Crippen LogP contribution is -2.25. The molecule has 1 aromatic rings. The number of ether oxygens (including phenoxy) is 1. The van der Waals surface area contributed by atoms with E-state index in [1.807, 2.05) is 13.8 Å². The Morgan fingerprint density at radius 2 is 2.29 bits per heavy atom. The maximum Gasteiger partial charge on any atom is 0.321 e. The van der Waals surface area contributed by atoms with E-state index in [9.17, 15) is 9.90 Å². The second-order valence-electron chi connectivity index (χ2n) is 4.78. The number of hydrogen-bond donors (Lipinski definition) is 2. The van der Waals surface area contributed by atoms with Crippen LogP contribution in [0.4, 0.5) is 5.88 Å². The molecule has 0 aromatic carbocycles. The van der Waals surface area contributed by atoms with E-state index < -0.39 is 5.41 Å². The van der Waals surface area contributed by atoms with E-state index >= 15 is 0 Å². The summed E-state index contributed by atoms with van der Waals surface area (Å²) in [5.74, 6) is -0.461. The first kappa shape index (κ1) is 11.8. The number of aromatic nitrogens is 1. The van der Waals surface area contributed by atoms with E-state index in [1.54, 1.807) is 0 Å². The van der Waals surface area contributed by atoms with E-state index in [0.29, 0.717) is 19.4 Å². The Labute approximate surface area is 98.8 Å². The summed E-state index contributed by atoms with van der Waals surface area (Å²) in [6.45, 7) is 4.28. The highest BCUT2D eigenvalue weighted by atomic mass is 16.5. The first-order valence-corrected chi connectivity index (χ1v) is 5.58. The molecule has 1 saturated carbocycles. The number of aromatic hydroxyl groups is 1. The van der Waals surface area contributed by atoms with Crippen LogP contribution in [0.1, 0.15) is 32.6 Å². The summed E-state index contributed by atoms with van der Waals surface area (Å²) in [5, 5.41) is 9.25. The fraction of sp³-hybridized carbons (Fsp3) is 0.636. The Bertz CT molecular complexity index is 415. The molecule has 0 spiro atoms. The summed E-state index contributed by atoms with van der Waals surface area (Å²) in [6, 6.07) is 0. The van der Waals surface area contributed by atoms with Gasteiger partial charge in [0.25, 0.3) is 11.8 Å². The van der Waals surface area contributed by atoms with Gasteiger partial charge in [-0.25, -0.2) is 0 Å². The lowest BCUT2D eigenvalue weighted by Gasteiger charge is -2.12. The summed E-state index contributed by atoms with van der Waals surface area (Å²) in [6.07, 6.45) is 1.23.